The zero-order valence-corrected chi connectivity index (χ0v) is 16.5. The number of rotatable bonds is 6. The van der Waals surface area contributed by atoms with E-state index in [2.05, 4.69) is 15.4 Å². The molecule has 29 heavy (non-hydrogen) atoms. The number of nitrogens with one attached hydrogen (secondary N) is 1. The third-order valence-electron chi connectivity index (χ3n) is 4.06. The maximum absolute atomic E-state index is 13.6. The minimum atomic E-state index is -0.522. The Kier molecular flexibility index (Phi) is 5.13. The molecule has 0 aliphatic rings. The maximum Gasteiger partial charge on any atom is 0.263 e. The molecule has 0 saturated carbocycles. The van der Waals surface area contributed by atoms with Gasteiger partial charge < -0.3 is 14.8 Å². The van der Waals surface area contributed by atoms with Gasteiger partial charge in [-0.05, 0) is 31.2 Å². The van der Waals surface area contributed by atoms with Gasteiger partial charge in [0.1, 0.15) is 11.6 Å². The van der Waals surface area contributed by atoms with E-state index in [0.29, 0.717) is 22.4 Å². The quantitative estimate of drug-likeness (QED) is 0.519. The van der Waals surface area contributed by atoms with Gasteiger partial charge in [-0.25, -0.2) is 9.37 Å². The standard InChI is InChI=1S/C20H17FN4O3S/c1-12-9-18(23-19(26)11-28-16-6-4-3-5-14(16)21)25(24-12)20-22-15-10-13(27-2)7-8-17(15)29-20/h3-10H,11H2,1-2H3,(H,23,26). The number of carbonyl (C=O) groups excluding carboxylic acids is 1. The fourth-order valence-corrected chi connectivity index (χ4v) is 3.64. The van der Waals surface area contributed by atoms with Crippen molar-refractivity contribution >= 4 is 33.3 Å². The molecule has 2 aromatic heterocycles. The number of methoxy groups -OCH3 is 1. The Morgan fingerprint density at radius 1 is 1.24 bits per heavy atom. The number of thiazole rings is 1. The van der Waals surface area contributed by atoms with Crippen LogP contribution in [0.25, 0.3) is 15.3 Å². The fourth-order valence-electron chi connectivity index (χ4n) is 2.73. The van der Waals surface area contributed by atoms with Gasteiger partial charge in [0.05, 0.1) is 23.0 Å². The van der Waals surface area contributed by atoms with Gasteiger partial charge in [-0.1, -0.05) is 23.5 Å². The van der Waals surface area contributed by atoms with Crippen LogP contribution in [-0.2, 0) is 4.79 Å². The normalized spacial score (nSPS) is 10.9. The van der Waals surface area contributed by atoms with E-state index in [1.54, 1.807) is 30.0 Å². The molecule has 148 valence electrons. The van der Waals surface area contributed by atoms with E-state index in [4.69, 9.17) is 9.47 Å². The van der Waals surface area contributed by atoms with Gasteiger partial charge >= 0.3 is 0 Å². The van der Waals surface area contributed by atoms with Crippen molar-refractivity contribution in [3.63, 3.8) is 0 Å². The number of benzene rings is 2. The van der Waals surface area contributed by atoms with Crippen LogP contribution in [0.5, 0.6) is 11.5 Å². The molecule has 2 aromatic carbocycles. The number of para-hydroxylation sites is 1. The zero-order valence-electron chi connectivity index (χ0n) is 15.7. The lowest BCUT2D eigenvalue weighted by Crippen LogP contribution is -2.22. The second kappa shape index (κ2) is 7.88. The van der Waals surface area contributed by atoms with Crippen molar-refractivity contribution in [2.45, 2.75) is 6.92 Å². The number of hydrogen-bond donors (Lipinski definition) is 1. The van der Waals surface area contributed by atoms with Crippen molar-refractivity contribution < 1.29 is 18.7 Å². The van der Waals surface area contributed by atoms with Crippen molar-refractivity contribution in [3.05, 3.63) is 60.0 Å². The molecule has 4 aromatic rings. The monoisotopic (exact) mass is 412 g/mol. The maximum atomic E-state index is 13.6. The van der Waals surface area contributed by atoms with Gasteiger partial charge in [-0.3, -0.25) is 4.79 Å². The summed E-state index contributed by atoms with van der Waals surface area (Å²) in [6.45, 7) is 1.49. The molecule has 0 spiro atoms. The van der Waals surface area contributed by atoms with Crippen LogP contribution >= 0.6 is 11.3 Å². The molecule has 0 saturated heterocycles. The van der Waals surface area contributed by atoms with E-state index in [9.17, 15) is 9.18 Å². The predicted octanol–water partition coefficient (Wildman–Crippen LogP) is 3.96. The number of amides is 1. The Bertz CT molecular complexity index is 1190. The summed E-state index contributed by atoms with van der Waals surface area (Å²) in [7, 11) is 1.60. The van der Waals surface area contributed by atoms with E-state index >= 15 is 0 Å². The van der Waals surface area contributed by atoms with Crippen LogP contribution in [-0.4, -0.2) is 34.4 Å². The molecule has 7 nitrogen and oxygen atoms in total. The smallest absolute Gasteiger partial charge is 0.263 e. The van der Waals surface area contributed by atoms with Crippen LogP contribution < -0.4 is 14.8 Å². The molecular weight excluding hydrogens is 395 g/mol. The van der Waals surface area contributed by atoms with Gasteiger partial charge in [0, 0.05) is 12.1 Å². The minimum absolute atomic E-state index is 0.0208. The summed E-state index contributed by atoms with van der Waals surface area (Å²) in [5.74, 6) is 0.233. The van der Waals surface area contributed by atoms with E-state index in [0.717, 1.165) is 10.2 Å². The lowest BCUT2D eigenvalue weighted by molar-refractivity contribution is -0.118. The summed E-state index contributed by atoms with van der Waals surface area (Å²) in [5, 5.41) is 7.77. The Hall–Kier alpha value is -3.46. The molecule has 0 unspecified atom stereocenters. The molecule has 4 rings (SSSR count). The molecular formula is C20H17FN4O3S. The Morgan fingerprint density at radius 2 is 2.07 bits per heavy atom. The Labute approximate surface area is 169 Å². The first-order valence-electron chi connectivity index (χ1n) is 8.72. The molecule has 1 N–H and O–H groups in total. The fraction of sp³-hybridized carbons (Fsp3) is 0.150. The Balaban J connectivity index is 1.54. The number of anilines is 1. The average molecular weight is 412 g/mol. The zero-order chi connectivity index (χ0) is 20.4. The first-order valence-corrected chi connectivity index (χ1v) is 9.54. The topological polar surface area (TPSA) is 78.3 Å². The van der Waals surface area contributed by atoms with Gasteiger partial charge in [0.15, 0.2) is 18.2 Å². The number of aromatic nitrogens is 3. The summed E-state index contributed by atoms with van der Waals surface area (Å²) in [6, 6.07) is 13.3. The van der Waals surface area contributed by atoms with Crippen molar-refractivity contribution in [1.29, 1.82) is 0 Å². The summed E-state index contributed by atoms with van der Waals surface area (Å²) in [5.41, 5.74) is 1.49. The second-order valence-corrected chi connectivity index (χ2v) is 7.19. The molecule has 1 amide bonds. The van der Waals surface area contributed by atoms with Crippen LogP contribution in [0, 0.1) is 12.7 Å². The highest BCUT2D eigenvalue weighted by atomic mass is 32.1. The summed E-state index contributed by atoms with van der Waals surface area (Å²) >= 11 is 1.44. The number of ether oxygens (including phenoxy) is 2. The van der Waals surface area contributed by atoms with Crippen LogP contribution in [0.4, 0.5) is 10.2 Å². The summed E-state index contributed by atoms with van der Waals surface area (Å²) in [6.07, 6.45) is 0. The number of halogens is 1. The van der Waals surface area contributed by atoms with Crippen molar-refractivity contribution in [3.8, 4) is 16.6 Å². The lowest BCUT2D eigenvalue weighted by atomic mass is 10.3. The van der Waals surface area contributed by atoms with Gasteiger partial charge in [-0.15, -0.1) is 0 Å². The summed E-state index contributed by atoms with van der Waals surface area (Å²) < 4.78 is 26.6. The van der Waals surface area contributed by atoms with E-state index in [-0.39, 0.29) is 12.4 Å². The highest BCUT2D eigenvalue weighted by Crippen LogP contribution is 2.29. The number of fused-ring (bicyclic) bond motifs is 1. The molecule has 0 fully saturated rings. The van der Waals surface area contributed by atoms with Crippen molar-refractivity contribution in [2.75, 3.05) is 19.0 Å². The number of nitrogens with zero attached hydrogens (tertiary/aromatic N) is 3. The van der Waals surface area contributed by atoms with Gasteiger partial charge in [-0.2, -0.15) is 9.78 Å². The number of aryl methyl sites for hydroxylation is 1. The molecule has 0 radical (unpaired) electrons. The second-order valence-electron chi connectivity index (χ2n) is 6.18. The first-order chi connectivity index (χ1) is 14.0. The van der Waals surface area contributed by atoms with E-state index in [1.807, 2.05) is 25.1 Å². The van der Waals surface area contributed by atoms with Crippen molar-refractivity contribution in [1.82, 2.24) is 14.8 Å². The highest BCUT2D eigenvalue weighted by molar-refractivity contribution is 7.20. The van der Waals surface area contributed by atoms with Crippen LogP contribution in [0.3, 0.4) is 0 Å². The Morgan fingerprint density at radius 3 is 2.86 bits per heavy atom. The summed E-state index contributed by atoms with van der Waals surface area (Å²) in [4.78, 5) is 16.9. The molecule has 0 aliphatic carbocycles. The molecule has 0 aliphatic heterocycles. The minimum Gasteiger partial charge on any atom is -0.497 e. The van der Waals surface area contributed by atoms with E-state index in [1.165, 1.54) is 23.5 Å². The predicted molar refractivity (Wildman–Crippen MR) is 109 cm³/mol. The number of carbonyl (C=O) groups is 1. The lowest BCUT2D eigenvalue weighted by Gasteiger charge is -2.08. The van der Waals surface area contributed by atoms with Crippen molar-refractivity contribution in [2.24, 2.45) is 0 Å². The molecule has 9 heteroatoms. The third-order valence-corrected chi connectivity index (χ3v) is 5.07. The van der Waals surface area contributed by atoms with Gasteiger partial charge in [0.25, 0.3) is 5.91 Å². The third kappa shape index (κ3) is 4.04. The SMILES string of the molecule is COc1ccc2sc(-n3nc(C)cc3NC(=O)COc3ccccc3F)nc2c1. The molecule has 0 atom stereocenters. The first kappa shape index (κ1) is 18.9. The molecule has 0 bridgehead atoms. The molecule has 2 heterocycles. The largest absolute Gasteiger partial charge is 0.497 e. The van der Waals surface area contributed by atoms with Gasteiger partial charge in [0.2, 0.25) is 5.13 Å². The average Bonchev–Trinajstić information content (AvgIpc) is 3.29. The number of hydrogen-bond acceptors (Lipinski definition) is 6. The van der Waals surface area contributed by atoms with Crippen LogP contribution in [0.2, 0.25) is 0 Å². The van der Waals surface area contributed by atoms with Crippen LogP contribution in [0.1, 0.15) is 5.69 Å². The van der Waals surface area contributed by atoms with Crippen LogP contribution in [0.15, 0.2) is 48.5 Å². The highest BCUT2D eigenvalue weighted by Gasteiger charge is 2.15. The van der Waals surface area contributed by atoms with E-state index < -0.39 is 11.7 Å².